The number of guanidine groups is 1. The van der Waals surface area contributed by atoms with Gasteiger partial charge in [-0.1, -0.05) is 25.1 Å². The first-order chi connectivity index (χ1) is 12.6. The summed E-state index contributed by atoms with van der Waals surface area (Å²) in [7, 11) is 1.80. The Bertz CT molecular complexity index is 579. The third kappa shape index (κ3) is 9.16. The summed E-state index contributed by atoms with van der Waals surface area (Å²) in [5.74, 6) is 1.02. The lowest BCUT2D eigenvalue weighted by molar-refractivity contribution is -0.130. The van der Waals surface area contributed by atoms with Gasteiger partial charge < -0.3 is 15.5 Å². The highest BCUT2D eigenvalue weighted by Gasteiger charge is 2.17. The zero-order valence-corrected chi connectivity index (χ0v) is 19.6. The topological polar surface area (TPSA) is 60.0 Å². The van der Waals surface area contributed by atoms with Gasteiger partial charge in [-0.15, -0.1) is 35.7 Å². The van der Waals surface area contributed by atoms with Crippen molar-refractivity contribution < 1.29 is 4.79 Å². The summed E-state index contributed by atoms with van der Waals surface area (Å²) in [6, 6.07) is 10.5. The second kappa shape index (κ2) is 13.2. The van der Waals surface area contributed by atoms with Crippen molar-refractivity contribution in [1.82, 2.24) is 20.4 Å². The summed E-state index contributed by atoms with van der Waals surface area (Å²) in [6.45, 7) is 10.1. The van der Waals surface area contributed by atoms with Crippen LogP contribution in [0, 0.1) is 0 Å². The van der Waals surface area contributed by atoms with Crippen molar-refractivity contribution in [2.24, 2.45) is 4.99 Å². The molecule has 1 amide bonds. The van der Waals surface area contributed by atoms with Crippen LogP contribution in [0.3, 0.4) is 0 Å². The highest BCUT2D eigenvalue weighted by atomic mass is 127. The quantitative estimate of drug-likeness (QED) is 0.257. The maximum Gasteiger partial charge on any atom is 0.219 e. The molecule has 1 atom stereocenters. The van der Waals surface area contributed by atoms with Crippen LogP contribution in [0.5, 0.6) is 0 Å². The molecule has 0 spiro atoms. The molecule has 2 N–H and O–H groups in total. The Kier molecular flexibility index (Phi) is 11.8. The van der Waals surface area contributed by atoms with Crippen LogP contribution in [-0.4, -0.2) is 79.8 Å². The number of nitrogens with one attached hydrogen (secondary N) is 2. The Morgan fingerprint density at radius 3 is 2.44 bits per heavy atom. The fraction of sp³-hybridized carbons (Fsp3) is 0.579. The number of nitrogens with zero attached hydrogens (tertiary/aromatic N) is 3. The highest BCUT2D eigenvalue weighted by molar-refractivity contribution is 14.0. The average Bonchev–Trinajstić information content (AvgIpc) is 2.65. The predicted octanol–water partition coefficient (Wildman–Crippen LogP) is 2.11. The Hall–Kier alpha value is -1.000. The molecule has 1 aromatic carbocycles. The largest absolute Gasteiger partial charge is 0.355 e. The first-order valence-corrected chi connectivity index (χ1v) is 10.1. The summed E-state index contributed by atoms with van der Waals surface area (Å²) in [5.41, 5.74) is 0. The van der Waals surface area contributed by atoms with Crippen LogP contribution in [0.2, 0.25) is 0 Å². The number of thioether (sulfide) groups is 1. The lowest BCUT2D eigenvalue weighted by Gasteiger charge is -2.34. The Balaban J connectivity index is 0.00000364. The van der Waals surface area contributed by atoms with Crippen molar-refractivity contribution in [3.05, 3.63) is 30.3 Å². The van der Waals surface area contributed by atoms with Crippen molar-refractivity contribution >= 4 is 47.6 Å². The van der Waals surface area contributed by atoms with Gasteiger partial charge in [0, 0.05) is 69.9 Å². The molecule has 0 aromatic heterocycles. The van der Waals surface area contributed by atoms with Gasteiger partial charge in [-0.05, 0) is 12.1 Å². The molecule has 1 saturated heterocycles. The molecular weight excluding hydrogens is 473 g/mol. The molecule has 1 heterocycles. The number of aliphatic imine (C=N–C) groups is 1. The van der Waals surface area contributed by atoms with Crippen LogP contribution in [0.15, 0.2) is 40.2 Å². The number of carbonyl (C=O) groups is 1. The van der Waals surface area contributed by atoms with E-state index in [0.717, 1.165) is 51.8 Å². The number of hydrogen-bond donors (Lipinski definition) is 2. The molecule has 1 aliphatic rings. The van der Waals surface area contributed by atoms with Crippen LogP contribution in [0.25, 0.3) is 0 Å². The van der Waals surface area contributed by atoms with E-state index in [4.69, 9.17) is 0 Å². The van der Waals surface area contributed by atoms with Crippen molar-refractivity contribution in [2.45, 2.75) is 24.0 Å². The second-order valence-electron chi connectivity index (χ2n) is 6.47. The zero-order valence-electron chi connectivity index (χ0n) is 16.5. The summed E-state index contributed by atoms with van der Waals surface area (Å²) < 4.78 is 0. The summed E-state index contributed by atoms with van der Waals surface area (Å²) >= 11 is 1.86. The number of hydrogen-bond acceptors (Lipinski definition) is 4. The Labute approximate surface area is 184 Å². The van der Waals surface area contributed by atoms with E-state index in [2.05, 4.69) is 51.7 Å². The smallest absolute Gasteiger partial charge is 0.219 e. The lowest BCUT2D eigenvalue weighted by atomic mass is 10.3. The highest BCUT2D eigenvalue weighted by Crippen LogP contribution is 2.21. The van der Waals surface area contributed by atoms with Gasteiger partial charge in [-0.2, -0.15) is 0 Å². The fourth-order valence-electron chi connectivity index (χ4n) is 2.85. The van der Waals surface area contributed by atoms with Crippen molar-refractivity contribution in [1.29, 1.82) is 0 Å². The number of benzene rings is 1. The number of halogens is 1. The number of piperazine rings is 1. The van der Waals surface area contributed by atoms with E-state index in [1.54, 1.807) is 14.0 Å². The molecule has 1 fully saturated rings. The van der Waals surface area contributed by atoms with Crippen LogP contribution in [0.4, 0.5) is 0 Å². The molecule has 152 valence electrons. The van der Waals surface area contributed by atoms with E-state index in [-0.39, 0.29) is 29.9 Å². The third-order valence-corrected chi connectivity index (χ3v) is 5.51. The van der Waals surface area contributed by atoms with E-state index in [1.165, 1.54) is 4.90 Å². The number of amides is 1. The first-order valence-electron chi connectivity index (χ1n) is 9.22. The first kappa shape index (κ1) is 24.0. The molecule has 1 aliphatic heterocycles. The van der Waals surface area contributed by atoms with Crippen molar-refractivity contribution in [2.75, 3.05) is 52.9 Å². The second-order valence-corrected chi connectivity index (χ2v) is 7.98. The number of rotatable bonds is 7. The average molecular weight is 505 g/mol. The third-order valence-electron chi connectivity index (χ3n) is 4.40. The Morgan fingerprint density at radius 1 is 1.19 bits per heavy atom. The van der Waals surface area contributed by atoms with Gasteiger partial charge in [0.15, 0.2) is 5.96 Å². The maximum atomic E-state index is 11.4. The van der Waals surface area contributed by atoms with Crippen LogP contribution >= 0.6 is 35.7 Å². The molecule has 0 radical (unpaired) electrons. The van der Waals surface area contributed by atoms with E-state index >= 15 is 0 Å². The lowest BCUT2D eigenvalue weighted by Crippen LogP contribution is -2.50. The van der Waals surface area contributed by atoms with E-state index in [9.17, 15) is 4.79 Å². The normalized spacial score (nSPS) is 16.4. The van der Waals surface area contributed by atoms with Gasteiger partial charge in [0.1, 0.15) is 0 Å². The van der Waals surface area contributed by atoms with E-state index in [1.807, 2.05) is 22.7 Å². The minimum Gasteiger partial charge on any atom is -0.355 e. The maximum absolute atomic E-state index is 11.4. The summed E-state index contributed by atoms with van der Waals surface area (Å²) in [4.78, 5) is 21.2. The molecule has 0 aliphatic carbocycles. The van der Waals surface area contributed by atoms with Crippen LogP contribution < -0.4 is 10.6 Å². The summed E-state index contributed by atoms with van der Waals surface area (Å²) in [6.07, 6.45) is 0. The monoisotopic (exact) mass is 505 g/mol. The molecular formula is C19H32IN5OS. The van der Waals surface area contributed by atoms with E-state index < -0.39 is 0 Å². The standard InChI is InChI=1S/C19H31N5OS.HI/c1-16(26-18-7-5-4-6-8-18)15-22-19(20-3)21-9-10-23-11-13-24(14-12-23)17(2)25;/h4-8,16H,9-15H2,1-3H3,(H2,20,21,22);1H. The van der Waals surface area contributed by atoms with Gasteiger partial charge in [-0.25, -0.2) is 0 Å². The molecule has 6 nitrogen and oxygen atoms in total. The van der Waals surface area contributed by atoms with Crippen LogP contribution in [-0.2, 0) is 4.79 Å². The molecule has 0 saturated carbocycles. The van der Waals surface area contributed by atoms with Gasteiger partial charge in [0.25, 0.3) is 0 Å². The number of carbonyl (C=O) groups excluding carboxylic acids is 1. The molecule has 2 rings (SSSR count). The van der Waals surface area contributed by atoms with Gasteiger partial charge in [-0.3, -0.25) is 14.7 Å². The summed E-state index contributed by atoms with van der Waals surface area (Å²) in [5, 5.41) is 7.23. The van der Waals surface area contributed by atoms with Gasteiger partial charge >= 0.3 is 0 Å². The van der Waals surface area contributed by atoms with Crippen LogP contribution in [0.1, 0.15) is 13.8 Å². The predicted molar refractivity (Wildman–Crippen MR) is 125 cm³/mol. The SMILES string of the molecule is CN=C(NCCN1CCN(C(C)=O)CC1)NCC(C)Sc1ccccc1.I. The molecule has 0 bridgehead atoms. The minimum absolute atomic E-state index is 0. The van der Waals surface area contributed by atoms with Crippen molar-refractivity contribution in [3.8, 4) is 0 Å². The van der Waals surface area contributed by atoms with Crippen molar-refractivity contribution in [3.63, 3.8) is 0 Å². The molecule has 1 aromatic rings. The fourth-order valence-corrected chi connectivity index (χ4v) is 3.80. The zero-order chi connectivity index (χ0) is 18.8. The molecule has 27 heavy (non-hydrogen) atoms. The Morgan fingerprint density at radius 2 is 1.85 bits per heavy atom. The minimum atomic E-state index is 0. The molecule has 1 unspecified atom stereocenters. The van der Waals surface area contributed by atoms with E-state index in [0.29, 0.717) is 5.25 Å². The molecule has 8 heteroatoms. The van der Waals surface area contributed by atoms with Gasteiger partial charge in [0.05, 0.1) is 0 Å². The van der Waals surface area contributed by atoms with Gasteiger partial charge in [0.2, 0.25) is 5.91 Å².